The van der Waals surface area contributed by atoms with Crippen LogP contribution in [-0.2, 0) is 0 Å². The molecule has 1 atom stereocenters. The van der Waals surface area contributed by atoms with Crippen molar-refractivity contribution in [2.45, 2.75) is 19.3 Å². The zero-order valence-corrected chi connectivity index (χ0v) is 13.1. The number of phenols is 1. The summed E-state index contributed by atoms with van der Waals surface area (Å²) in [6.45, 7) is 1.85. The van der Waals surface area contributed by atoms with Gasteiger partial charge in [0, 0.05) is 11.1 Å². The van der Waals surface area contributed by atoms with Crippen LogP contribution in [0.5, 0.6) is 5.75 Å². The van der Waals surface area contributed by atoms with E-state index in [1.807, 2.05) is 6.92 Å². The molecule has 1 amide bonds. The number of halogens is 2. The summed E-state index contributed by atoms with van der Waals surface area (Å²) in [7, 11) is 0. The highest BCUT2D eigenvalue weighted by Gasteiger charge is 2.30. The molecule has 0 bridgehead atoms. The molecule has 1 aliphatic carbocycles. The van der Waals surface area contributed by atoms with Gasteiger partial charge in [-0.3, -0.25) is 4.79 Å². The first-order chi connectivity index (χ1) is 11.0. The standard InChI is InChI=1S/C17H14ClFN2O2/c1-9-8-13(16-14(22)7-6-12(19)15(9)16)20-21-17(23)10-4-2-3-5-11(10)18/h2-7,9,22H,8H2,1H3,(H,21,23)/b20-13+/t9-/m0/s1. The Balaban J connectivity index is 1.91. The van der Waals surface area contributed by atoms with Crippen LogP contribution in [0.2, 0.25) is 5.02 Å². The van der Waals surface area contributed by atoms with E-state index in [0.29, 0.717) is 33.8 Å². The minimum Gasteiger partial charge on any atom is -0.507 e. The maximum atomic E-state index is 13.9. The third-order valence-electron chi connectivity index (χ3n) is 3.86. The van der Waals surface area contributed by atoms with Crippen molar-refractivity contribution in [1.29, 1.82) is 0 Å². The third-order valence-corrected chi connectivity index (χ3v) is 4.19. The molecule has 23 heavy (non-hydrogen) atoms. The molecule has 2 N–H and O–H groups in total. The Hall–Kier alpha value is -2.40. The molecule has 0 unspecified atom stereocenters. The number of hydrogen-bond donors (Lipinski definition) is 2. The zero-order chi connectivity index (χ0) is 16.6. The molecular weight excluding hydrogens is 319 g/mol. The Morgan fingerprint density at radius 1 is 1.35 bits per heavy atom. The number of hydrogen-bond acceptors (Lipinski definition) is 3. The second-order valence-corrected chi connectivity index (χ2v) is 5.85. The lowest BCUT2D eigenvalue weighted by Gasteiger charge is -2.06. The third kappa shape index (κ3) is 2.80. The maximum absolute atomic E-state index is 13.9. The smallest absolute Gasteiger partial charge is 0.272 e. The minimum absolute atomic E-state index is 0.0449. The molecule has 0 heterocycles. The van der Waals surface area contributed by atoms with Crippen molar-refractivity contribution < 1.29 is 14.3 Å². The van der Waals surface area contributed by atoms with Gasteiger partial charge in [-0.2, -0.15) is 5.10 Å². The summed E-state index contributed by atoms with van der Waals surface area (Å²) >= 11 is 5.97. The fourth-order valence-corrected chi connectivity index (χ4v) is 3.01. The number of aromatic hydroxyl groups is 1. The zero-order valence-electron chi connectivity index (χ0n) is 12.3. The topological polar surface area (TPSA) is 61.7 Å². The van der Waals surface area contributed by atoms with Gasteiger partial charge < -0.3 is 5.11 Å². The Morgan fingerprint density at radius 3 is 2.83 bits per heavy atom. The number of phenolic OH excluding ortho intramolecular Hbond substituents is 1. The molecule has 1 aliphatic rings. The normalized spacial score (nSPS) is 18.0. The Labute approximate surface area is 137 Å². The molecule has 0 saturated carbocycles. The van der Waals surface area contributed by atoms with Gasteiger partial charge in [-0.1, -0.05) is 30.7 Å². The van der Waals surface area contributed by atoms with Crippen molar-refractivity contribution >= 4 is 23.2 Å². The molecule has 0 fully saturated rings. The first kappa shape index (κ1) is 15.5. The fraction of sp³-hybridized carbons (Fsp3) is 0.176. The van der Waals surface area contributed by atoms with Crippen molar-refractivity contribution in [3.8, 4) is 5.75 Å². The molecule has 0 saturated heterocycles. The number of nitrogens with zero attached hydrogens (tertiary/aromatic N) is 1. The number of fused-ring (bicyclic) bond motifs is 1. The Bertz CT molecular complexity index is 820. The van der Waals surface area contributed by atoms with Crippen LogP contribution in [0.1, 0.15) is 40.7 Å². The first-order valence-electron chi connectivity index (χ1n) is 7.12. The number of benzene rings is 2. The predicted molar refractivity (Wildman–Crippen MR) is 86.6 cm³/mol. The van der Waals surface area contributed by atoms with Crippen LogP contribution in [0.25, 0.3) is 0 Å². The largest absolute Gasteiger partial charge is 0.507 e. The van der Waals surface area contributed by atoms with Gasteiger partial charge in [0.2, 0.25) is 0 Å². The van der Waals surface area contributed by atoms with Crippen LogP contribution < -0.4 is 5.43 Å². The average molecular weight is 333 g/mol. The fourth-order valence-electron chi connectivity index (χ4n) is 2.79. The highest BCUT2D eigenvalue weighted by molar-refractivity contribution is 6.33. The molecule has 6 heteroatoms. The average Bonchev–Trinajstić information content (AvgIpc) is 2.87. The van der Waals surface area contributed by atoms with E-state index in [4.69, 9.17) is 11.6 Å². The number of carbonyl (C=O) groups excluding carboxylic acids is 1. The van der Waals surface area contributed by atoms with Crippen LogP contribution in [0.4, 0.5) is 4.39 Å². The summed E-state index contributed by atoms with van der Waals surface area (Å²) in [6, 6.07) is 9.13. The van der Waals surface area contributed by atoms with E-state index in [-0.39, 0.29) is 17.5 Å². The van der Waals surface area contributed by atoms with Crippen molar-refractivity contribution in [3.63, 3.8) is 0 Å². The van der Waals surface area contributed by atoms with Gasteiger partial charge in [0.15, 0.2) is 0 Å². The number of rotatable bonds is 2. The van der Waals surface area contributed by atoms with Crippen LogP contribution in [0.3, 0.4) is 0 Å². The second kappa shape index (κ2) is 6.01. The lowest BCUT2D eigenvalue weighted by Crippen LogP contribution is -2.20. The Kier molecular flexibility index (Phi) is 4.05. The molecule has 0 aromatic heterocycles. The van der Waals surface area contributed by atoms with Crippen molar-refractivity contribution in [2.24, 2.45) is 5.10 Å². The maximum Gasteiger partial charge on any atom is 0.272 e. The summed E-state index contributed by atoms with van der Waals surface area (Å²) in [5.74, 6) is -1.00. The predicted octanol–water partition coefficient (Wildman–Crippen LogP) is 3.83. The van der Waals surface area contributed by atoms with E-state index < -0.39 is 5.91 Å². The molecule has 0 aliphatic heterocycles. The van der Waals surface area contributed by atoms with Crippen LogP contribution in [0.15, 0.2) is 41.5 Å². The van der Waals surface area contributed by atoms with Crippen LogP contribution in [-0.4, -0.2) is 16.7 Å². The number of carbonyl (C=O) groups is 1. The second-order valence-electron chi connectivity index (χ2n) is 5.44. The quantitative estimate of drug-likeness (QED) is 0.821. The van der Waals surface area contributed by atoms with E-state index in [2.05, 4.69) is 10.5 Å². The molecule has 2 aromatic carbocycles. The van der Waals surface area contributed by atoms with Gasteiger partial charge in [-0.05, 0) is 36.6 Å². The molecule has 3 rings (SSSR count). The number of nitrogens with one attached hydrogen (secondary N) is 1. The molecule has 2 aromatic rings. The monoisotopic (exact) mass is 332 g/mol. The van der Waals surface area contributed by atoms with Gasteiger partial charge in [0.05, 0.1) is 16.3 Å². The SMILES string of the molecule is C[C@H]1C/C(=N\NC(=O)c2ccccc2Cl)c2c(O)ccc(F)c21. The first-order valence-corrected chi connectivity index (χ1v) is 7.50. The summed E-state index contributed by atoms with van der Waals surface area (Å²) in [5.41, 5.74) is 3.95. The van der Waals surface area contributed by atoms with Crippen LogP contribution >= 0.6 is 11.6 Å². The van der Waals surface area contributed by atoms with Gasteiger partial charge >= 0.3 is 0 Å². The van der Waals surface area contributed by atoms with Gasteiger partial charge in [0.25, 0.3) is 5.91 Å². The van der Waals surface area contributed by atoms with Crippen LogP contribution in [0, 0.1) is 5.82 Å². The summed E-state index contributed by atoms with van der Waals surface area (Å²) in [6.07, 6.45) is 0.437. The van der Waals surface area contributed by atoms with Gasteiger partial charge in [-0.15, -0.1) is 0 Å². The van der Waals surface area contributed by atoms with Crippen molar-refractivity contribution in [1.82, 2.24) is 5.43 Å². The highest BCUT2D eigenvalue weighted by Crippen LogP contribution is 2.39. The summed E-state index contributed by atoms with van der Waals surface area (Å²) < 4.78 is 13.9. The van der Waals surface area contributed by atoms with Crippen molar-refractivity contribution in [3.05, 3.63) is 63.9 Å². The summed E-state index contributed by atoms with van der Waals surface area (Å²) in [5, 5.41) is 14.4. The number of hydrazone groups is 1. The van der Waals surface area contributed by atoms with Gasteiger partial charge in [-0.25, -0.2) is 9.82 Å². The van der Waals surface area contributed by atoms with E-state index in [1.54, 1.807) is 24.3 Å². The number of amides is 1. The Morgan fingerprint density at radius 2 is 2.09 bits per heavy atom. The molecular formula is C17H14ClFN2O2. The van der Waals surface area contributed by atoms with E-state index in [9.17, 15) is 14.3 Å². The molecule has 0 spiro atoms. The molecule has 4 nitrogen and oxygen atoms in total. The lowest BCUT2D eigenvalue weighted by atomic mass is 10.0. The van der Waals surface area contributed by atoms with E-state index >= 15 is 0 Å². The molecule has 118 valence electrons. The van der Waals surface area contributed by atoms with E-state index in [1.165, 1.54) is 12.1 Å². The highest BCUT2D eigenvalue weighted by atomic mass is 35.5. The van der Waals surface area contributed by atoms with Gasteiger partial charge in [0.1, 0.15) is 11.6 Å². The molecule has 0 radical (unpaired) electrons. The minimum atomic E-state index is -0.458. The lowest BCUT2D eigenvalue weighted by molar-refractivity contribution is 0.0955. The van der Waals surface area contributed by atoms with Crippen molar-refractivity contribution in [2.75, 3.05) is 0 Å². The van der Waals surface area contributed by atoms with E-state index in [0.717, 1.165) is 0 Å². The summed E-state index contributed by atoms with van der Waals surface area (Å²) in [4.78, 5) is 12.1.